The van der Waals surface area contributed by atoms with Crippen molar-refractivity contribution in [3.05, 3.63) is 34.8 Å². The summed E-state index contributed by atoms with van der Waals surface area (Å²) in [7, 11) is -2.30. The van der Waals surface area contributed by atoms with Gasteiger partial charge in [0, 0.05) is 25.4 Å². The molecule has 1 aliphatic heterocycles. The van der Waals surface area contributed by atoms with Crippen LogP contribution in [0.2, 0.25) is 0 Å². The standard InChI is InChI=1S/C19H23N3O5S2/c1-13(23)16-12-28-19(20-16)21-18(24)15-11-14(7-8-17(15)27-2)29(25,26)22-9-5-3-4-6-10-22/h7-8,11-12H,3-6,9-10H2,1-2H3,(H,20,21,24). The number of ketones is 1. The van der Waals surface area contributed by atoms with Crippen LogP contribution in [0.3, 0.4) is 0 Å². The van der Waals surface area contributed by atoms with Crippen molar-refractivity contribution in [2.24, 2.45) is 0 Å². The molecular formula is C19H23N3O5S2. The summed E-state index contributed by atoms with van der Waals surface area (Å²) in [5.74, 6) is -0.509. The molecule has 0 aliphatic carbocycles. The maximum atomic E-state index is 13.1. The highest BCUT2D eigenvalue weighted by atomic mass is 32.2. The molecule has 29 heavy (non-hydrogen) atoms. The number of thiazole rings is 1. The highest BCUT2D eigenvalue weighted by molar-refractivity contribution is 7.89. The predicted molar refractivity (Wildman–Crippen MR) is 110 cm³/mol. The van der Waals surface area contributed by atoms with Crippen molar-refractivity contribution < 1.29 is 22.7 Å². The molecule has 3 rings (SSSR count). The number of Topliss-reactive ketones (excluding diaryl/α,β-unsaturated/α-hetero) is 1. The van der Waals surface area contributed by atoms with E-state index in [0.717, 1.165) is 37.0 Å². The molecule has 0 radical (unpaired) electrons. The molecule has 8 nitrogen and oxygen atoms in total. The molecule has 1 amide bonds. The molecule has 0 unspecified atom stereocenters. The number of methoxy groups -OCH3 is 1. The van der Waals surface area contributed by atoms with Gasteiger partial charge in [-0.15, -0.1) is 11.3 Å². The molecule has 0 saturated carbocycles. The fraction of sp³-hybridized carbons (Fsp3) is 0.421. The van der Waals surface area contributed by atoms with Gasteiger partial charge in [-0.1, -0.05) is 12.8 Å². The molecule has 1 saturated heterocycles. The number of rotatable bonds is 6. The van der Waals surface area contributed by atoms with Crippen LogP contribution in [0.5, 0.6) is 5.75 Å². The average Bonchev–Trinajstić information content (AvgIpc) is 2.99. The predicted octanol–water partition coefficient (Wildman–Crippen LogP) is 3.17. The summed E-state index contributed by atoms with van der Waals surface area (Å²) in [4.78, 5) is 28.3. The minimum atomic E-state index is -3.71. The quantitative estimate of drug-likeness (QED) is 0.696. The van der Waals surface area contributed by atoms with Crippen LogP contribution in [0.25, 0.3) is 0 Å². The lowest BCUT2D eigenvalue weighted by Crippen LogP contribution is -2.32. The van der Waals surface area contributed by atoms with Crippen molar-refractivity contribution >= 4 is 38.2 Å². The number of carbonyl (C=O) groups excluding carboxylic acids is 2. The minimum absolute atomic E-state index is 0.0499. The van der Waals surface area contributed by atoms with Crippen molar-refractivity contribution in [3.8, 4) is 5.75 Å². The Hall–Kier alpha value is -2.30. The van der Waals surface area contributed by atoms with Crippen molar-refractivity contribution in [1.29, 1.82) is 0 Å². The van der Waals surface area contributed by atoms with Gasteiger partial charge in [-0.3, -0.25) is 14.9 Å². The third-order valence-corrected chi connectivity index (χ3v) is 7.36. The summed E-state index contributed by atoms with van der Waals surface area (Å²) in [6.07, 6.45) is 3.67. The molecule has 1 fully saturated rings. The third kappa shape index (κ3) is 4.82. The monoisotopic (exact) mass is 437 g/mol. The van der Waals surface area contributed by atoms with Gasteiger partial charge in [-0.2, -0.15) is 4.31 Å². The van der Waals surface area contributed by atoms with Crippen LogP contribution >= 0.6 is 11.3 Å². The third-order valence-electron chi connectivity index (χ3n) is 4.70. The fourth-order valence-corrected chi connectivity index (χ4v) is 5.40. The van der Waals surface area contributed by atoms with E-state index in [1.54, 1.807) is 5.38 Å². The van der Waals surface area contributed by atoms with E-state index in [1.807, 2.05) is 0 Å². The van der Waals surface area contributed by atoms with Crippen molar-refractivity contribution in [2.75, 3.05) is 25.5 Å². The Labute approximate surface area is 173 Å². The molecule has 1 N–H and O–H groups in total. The smallest absolute Gasteiger partial charge is 0.261 e. The summed E-state index contributed by atoms with van der Waals surface area (Å²) in [5, 5.41) is 4.41. The second-order valence-corrected chi connectivity index (χ2v) is 9.52. The minimum Gasteiger partial charge on any atom is -0.496 e. The van der Waals surface area contributed by atoms with Crippen LogP contribution in [-0.4, -0.2) is 49.6 Å². The van der Waals surface area contributed by atoms with Crippen molar-refractivity contribution in [2.45, 2.75) is 37.5 Å². The Morgan fingerprint density at radius 3 is 2.45 bits per heavy atom. The van der Waals surface area contributed by atoms with E-state index in [2.05, 4.69) is 10.3 Å². The van der Waals surface area contributed by atoms with Crippen LogP contribution in [0.4, 0.5) is 5.13 Å². The van der Waals surface area contributed by atoms with Gasteiger partial charge in [-0.25, -0.2) is 13.4 Å². The fourth-order valence-electron chi connectivity index (χ4n) is 3.11. The molecule has 0 bridgehead atoms. The highest BCUT2D eigenvalue weighted by Crippen LogP contribution is 2.27. The topological polar surface area (TPSA) is 106 Å². The zero-order valence-electron chi connectivity index (χ0n) is 16.3. The normalized spacial score (nSPS) is 15.5. The van der Waals surface area contributed by atoms with Crippen LogP contribution in [0, 0.1) is 0 Å². The largest absolute Gasteiger partial charge is 0.496 e. The zero-order chi connectivity index (χ0) is 21.0. The van der Waals surface area contributed by atoms with Gasteiger partial charge in [0.1, 0.15) is 11.4 Å². The van der Waals surface area contributed by atoms with Crippen molar-refractivity contribution in [3.63, 3.8) is 0 Å². The first kappa shape index (κ1) is 21.4. The Morgan fingerprint density at radius 2 is 1.86 bits per heavy atom. The number of anilines is 1. The molecule has 1 aromatic heterocycles. The molecule has 2 aromatic rings. The van der Waals surface area contributed by atoms with Crippen LogP contribution in [0.15, 0.2) is 28.5 Å². The first-order valence-electron chi connectivity index (χ1n) is 9.29. The molecule has 156 valence electrons. The molecule has 1 aliphatic rings. The molecule has 2 heterocycles. The van der Waals surface area contributed by atoms with Gasteiger partial charge in [-0.05, 0) is 31.0 Å². The van der Waals surface area contributed by atoms with E-state index in [4.69, 9.17) is 4.74 Å². The number of benzene rings is 1. The van der Waals surface area contributed by atoms with Crippen LogP contribution in [0.1, 0.15) is 53.5 Å². The zero-order valence-corrected chi connectivity index (χ0v) is 17.9. The second-order valence-electron chi connectivity index (χ2n) is 6.73. The van der Waals surface area contributed by atoms with Gasteiger partial charge < -0.3 is 4.74 Å². The van der Waals surface area contributed by atoms with E-state index in [1.165, 1.54) is 36.5 Å². The number of aromatic nitrogens is 1. The summed E-state index contributed by atoms with van der Waals surface area (Å²) < 4.78 is 32.8. The number of nitrogens with zero attached hydrogens (tertiary/aromatic N) is 2. The lowest BCUT2D eigenvalue weighted by Gasteiger charge is -2.20. The Bertz CT molecular complexity index is 1010. The van der Waals surface area contributed by atoms with Crippen LogP contribution in [-0.2, 0) is 10.0 Å². The summed E-state index contributed by atoms with van der Waals surface area (Å²) >= 11 is 1.12. The van der Waals surface area contributed by atoms with E-state index in [-0.39, 0.29) is 32.8 Å². The number of hydrogen-bond acceptors (Lipinski definition) is 7. The number of carbonyl (C=O) groups is 2. The molecular weight excluding hydrogens is 414 g/mol. The van der Waals surface area contributed by atoms with Crippen LogP contribution < -0.4 is 10.1 Å². The van der Waals surface area contributed by atoms with Gasteiger partial charge in [0.15, 0.2) is 10.9 Å². The van der Waals surface area contributed by atoms with Crippen molar-refractivity contribution in [1.82, 2.24) is 9.29 Å². The maximum absolute atomic E-state index is 13.1. The first-order chi connectivity index (χ1) is 13.8. The number of amides is 1. The van der Waals surface area contributed by atoms with Gasteiger partial charge >= 0.3 is 0 Å². The molecule has 1 aromatic carbocycles. The van der Waals surface area contributed by atoms with Gasteiger partial charge in [0.25, 0.3) is 5.91 Å². The lowest BCUT2D eigenvalue weighted by molar-refractivity contribution is 0.100. The number of sulfonamides is 1. The van der Waals surface area contributed by atoms with E-state index < -0.39 is 15.9 Å². The van der Waals surface area contributed by atoms with E-state index in [0.29, 0.717) is 13.1 Å². The summed E-state index contributed by atoms with van der Waals surface area (Å²) in [5.41, 5.74) is 0.345. The molecule has 0 spiro atoms. The SMILES string of the molecule is COc1ccc(S(=O)(=O)N2CCCCCC2)cc1C(=O)Nc1nc(C(C)=O)cs1. The number of nitrogens with one attached hydrogen (secondary N) is 1. The number of ether oxygens (including phenoxy) is 1. The van der Waals surface area contributed by atoms with E-state index in [9.17, 15) is 18.0 Å². The summed E-state index contributed by atoms with van der Waals surface area (Å²) in [6.45, 7) is 2.34. The Kier molecular flexibility index (Phi) is 6.66. The average molecular weight is 438 g/mol. The van der Waals surface area contributed by atoms with E-state index >= 15 is 0 Å². The highest BCUT2D eigenvalue weighted by Gasteiger charge is 2.27. The first-order valence-corrected chi connectivity index (χ1v) is 11.6. The molecule has 10 heteroatoms. The Balaban J connectivity index is 1.89. The second kappa shape index (κ2) is 9.02. The van der Waals surface area contributed by atoms with Gasteiger partial charge in [0.05, 0.1) is 17.6 Å². The summed E-state index contributed by atoms with van der Waals surface area (Å²) in [6, 6.07) is 4.25. The lowest BCUT2D eigenvalue weighted by atomic mass is 10.2. The van der Waals surface area contributed by atoms with Gasteiger partial charge in [0.2, 0.25) is 10.0 Å². The number of hydrogen-bond donors (Lipinski definition) is 1. The maximum Gasteiger partial charge on any atom is 0.261 e. The molecule has 0 atom stereocenters. The Morgan fingerprint density at radius 1 is 1.17 bits per heavy atom.